The Morgan fingerprint density at radius 1 is 1.04 bits per heavy atom. The van der Waals surface area contributed by atoms with Crippen molar-refractivity contribution in [3.05, 3.63) is 47.5 Å². The number of hydrogen-bond donors (Lipinski definition) is 1. The van der Waals surface area contributed by atoms with E-state index in [9.17, 15) is 4.79 Å². The van der Waals surface area contributed by atoms with Gasteiger partial charge < -0.3 is 24.3 Å². The van der Waals surface area contributed by atoms with Crippen molar-refractivity contribution in [3.8, 4) is 23.0 Å². The molecule has 0 fully saturated rings. The van der Waals surface area contributed by atoms with Crippen LogP contribution in [0.3, 0.4) is 0 Å². The van der Waals surface area contributed by atoms with Gasteiger partial charge in [0.05, 0.1) is 27.4 Å². The van der Waals surface area contributed by atoms with Crippen LogP contribution >= 0.6 is 0 Å². The molecular weight excluding hydrogens is 346 g/mol. The molecule has 0 saturated carbocycles. The Balaban J connectivity index is 1.88. The molecule has 0 bridgehead atoms. The topological polar surface area (TPSA) is 66.0 Å². The second-order valence-corrected chi connectivity index (χ2v) is 7.07. The van der Waals surface area contributed by atoms with Gasteiger partial charge in [-0.2, -0.15) is 0 Å². The number of methoxy groups -OCH3 is 3. The van der Waals surface area contributed by atoms with Crippen molar-refractivity contribution in [2.24, 2.45) is 0 Å². The van der Waals surface area contributed by atoms with Gasteiger partial charge in [-0.15, -0.1) is 0 Å². The summed E-state index contributed by atoms with van der Waals surface area (Å²) in [5.74, 6) is 2.36. The Kier molecular flexibility index (Phi) is 5.17. The SMILES string of the molecule is COc1ccc2c(c1)OC(C)(C)C[C@@H]2NC(=O)c1ccc(OC)c(OC)c1. The molecule has 2 aromatic rings. The fourth-order valence-corrected chi connectivity index (χ4v) is 3.31. The Morgan fingerprint density at radius 3 is 2.44 bits per heavy atom. The van der Waals surface area contributed by atoms with Gasteiger partial charge in [-0.1, -0.05) is 0 Å². The molecule has 1 N–H and O–H groups in total. The standard InChI is InChI=1S/C21H25NO5/c1-21(2)12-16(15-8-7-14(24-3)11-18(15)27-21)22-20(23)13-6-9-17(25-4)19(10-13)26-5/h6-11,16H,12H2,1-5H3,(H,22,23)/t16-/m0/s1. The summed E-state index contributed by atoms with van der Waals surface area (Å²) in [6.07, 6.45) is 0.658. The zero-order valence-corrected chi connectivity index (χ0v) is 16.3. The first kappa shape index (κ1) is 18.9. The summed E-state index contributed by atoms with van der Waals surface area (Å²) in [6, 6.07) is 10.6. The van der Waals surface area contributed by atoms with Gasteiger partial charge in [0.2, 0.25) is 0 Å². The maximum absolute atomic E-state index is 12.9. The van der Waals surface area contributed by atoms with Gasteiger partial charge in [0, 0.05) is 23.6 Å². The predicted molar refractivity (Wildman–Crippen MR) is 102 cm³/mol. The molecule has 0 radical (unpaired) electrons. The minimum Gasteiger partial charge on any atom is -0.497 e. The maximum atomic E-state index is 12.9. The molecule has 0 aromatic heterocycles. The van der Waals surface area contributed by atoms with E-state index < -0.39 is 5.60 Å². The summed E-state index contributed by atoms with van der Waals surface area (Å²) in [6.45, 7) is 4.01. The Bertz CT molecular complexity index is 846. The molecule has 1 atom stereocenters. The number of amides is 1. The highest BCUT2D eigenvalue weighted by Crippen LogP contribution is 2.41. The van der Waals surface area contributed by atoms with Gasteiger partial charge in [-0.25, -0.2) is 0 Å². The molecule has 0 unspecified atom stereocenters. The maximum Gasteiger partial charge on any atom is 0.251 e. The van der Waals surface area contributed by atoms with Gasteiger partial charge in [0.25, 0.3) is 5.91 Å². The first-order valence-corrected chi connectivity index (χ1v) is 8.76. The normalized spacial score (nSPS) is 17.3. The molecule has 0 saturated heterocycles. The molecule has 144 valence electrons. The third kappa shape index (κ3) is 3.94. The highest BCUT2D eigenvalue weighted by atomic mass is 16.5. The second kappa shape index (κ2) is 7.39. The van der Waals surface area contributed by atoms with E-state index in [1.165, 1.54) is 0 Å². The number of rotatable bonds is 5. The van der Waals surface area contributed by atoms with Crippen LogP contribution in [0.25, 0.3) is 0 Å². The molecule has 0 aliphatic carbocycles. The Morgan fingerprint density at radius 2 is 1.78 bits per heavy atom. The molecule has 1 heterocycles. The van der Waals surface area contributed by atoms with Gasteiger partial charge in [-0.05, 0) is 44.2 Å². The van der Waals surface area contributed by atoms with Gasteiger partial charge >= 0.3 is 0 Å². The lowest BCUT2D eigenvalue weighted by atomic mass is 9.89. The molecule has 6 heteroatoms. The lowest BCUT2D eigenvalue weighted by molar-refractivity contribution is 0.0617. The van der Waals surface area contributed by atoms with E-state index in [0.29, 0.717) is 23.5 Å². The van der Waals surface area contributed by atoms with Crippen LogP contribution in [0.4, 0.5) is 0 Å². The van der Waals surface area contributed by atoms with Crippen LogP contribution < -0.4 is 24.3 Å². The summed E-state index contributed by atoms with van der Waals surface area (Å²) < 4.78 is 21.9. The van der Waals surface area contributed by atoms with Gasteiger partial charge in [-0.3, -0.25) is 4.79 Å². The van der Waals surface area contributed by atoms with Crippen LogP contribution in [0.5, 0.6) is 23.0 Å². The van der Waals surface area contributed by atoms with E-state index in [2.05, 4.69) is 5.32 Å². The predicted octanol–water partition coefficient (Wildman–Crippen LogP) is 3.74. The number of carbonyl (C=O) groups is 1. The van der Waals surface area contributed by atoms with Crippen LogP contribution in [0.15, 0.2) is 36.4 Å². The summed E-state index contributed by atoms with van der Waals surface area (Å²) in [5, 5.41) is 3.12. The molecule has 1 amide bonds. The zero-order valence-electron chi connectivity index (χ0n) is 16.3. The minimum absolute atomic E-state index is 0.171. The highest BCUT2D eigenvalue weighted by molar-refractivity contribution is 5.95. The van der Waals surface area contributed by atoms with Crippen molar-refractivity contribution < 1.29 is 23.7 Å². The smallest absolute Gasteiger partial charge is 0.251 e. The Hall–Kier alpha value is -2.89. The van der Waals surface area contributed by atoms with Crippen molar-refractivity contribution >= 4 is 5.91 Å². The summed E-state index contributed by atoms with van der Waals surface area (Å²) in [5.41, 5.74) is 1.03. The van der Waals surface area contributed by atoms with Crippen molar-refractivity contribution in [2.45, 2.75) is 31.9 Å². The summed E-state index contributed by atoms with van der Waals surface area (Å²) in [7, 11) is 4.73. The molecule has 27 heavy (non-hydrogen) atoms. The van der Waals surface area contributed by atoms with E-state index in [4.69, 9.17) is 18.9 Å². The molecule has 1 aliphatic heterocycles. The average molecular weight is 371 g/mol. The summed E-state index contributed by atoms with van der Waals surface area (Å²) >= 11 is 0. The van der Waals surface area contributed by atoms with Crippen LogP contribution in [0.1, 0.15) is 42.2 Å². The lowest BCUT2D eigenvalue weighted by Gasteiger charge is -2.38. The summed E-state index contributed by atoms with van der Waals surface area (Å²) in [4.78, 5) is 12.9. The van der Waals surface area contributed by atoms with Crippen molar-refractivity contribution in [1.82, 2.24) is 5.32 Å². The molecular formula is C21H25NO5. The molecule has 0 spiro atoms. The molecule has 1 aliphatic rings. The van der Waals surface area contributed by atoms with Crippen LogP contribution in [-0.2, 0) is 0 Å². The van der Waals surface area contributed by atoms with Crippen LogP contribution in [0, 0.1) is 0 Å². The fraction of sp³-hybridized carbons (Fsp3) is 0.381. The number of ether oxygens (including phenoxy) is 4. The number of benzene rings is 2. The number of nitrogens with one attached hydrogen (secondary N) is 1. The van der Waals surface area contributed by atoms with Gasteiger partial charge in [0.15, 0.2) is 11.5 Å². The van der Waals surface area contributed by atoms with E-state index in [1.807, 2.05) is 32.0 Å². The third-order valence-electron chi connectivity index (χ3n) is 4.63. The number of fused-ring (bicyclic) bond motifs is 1. The quantitative estimate of drug-likeness (QED) is 0.867. The monoisotopic (exact) mass is 371 g/mol. The Labute approximate surface area is 159 Å². The van der Waals surface area contributed by atoms with E-state index in [0.717, 1.165) is 17.1 Å². The highest BCUT2D eigenvalue weighted by Gasteiger charge is 2.35. The lowest BCUT2D eigenvalue weighted by Crippen LogP contribution is -2.41. The second-order valence-electron chi connectivity index (χ2n) is 7.07. The third-order valence-corrected chi connectivity index (χ3v) is 4.63. The molecule has 6 nitrogen and oxygen atoms in total. The minimum atomic E-state index is -0.408. The zero-order chi connectivity index (χ0) is 19.6. The number of hydrogen-bond acceptors (Lipinski definition) is 5. The number of carbonyl (C=O) groups excluding carboxylic acids is 1. The van der Waals surface area contributed by atoms with Crippen LogP contribution in [0.2, 0.25) is 0 Å². The molecule has 2 aromatic carbocycles. The van der Waals surface area contributed by atoms with E-state index in [-0.39, 0.29) is 11.9 Å². The molecule has 3 rings (SSSR count). The van der Waals surface area contributed by atoms with E-state index >= 15 is 0 Å². The average Bonchev–Trinajstić information content (AvgIpc) is 2.65. The first-order valence-electron chi connectivity index (χ1n) is 8.76. The van der Waals surface area contributed by atoms with Crippen molar-refractivity contribution in [3.63, 3.8) is 0 Å². The largest absolute Gasteiger partial charge is 0.497 e. The fourth-order valence-electron chi connectivity index (χ4n) is 3.31. The van der Waals surface area contributed by atoms with Crippen molar-refractivity contribution in [2.75, 3.05) is 21.3 Å². The van der Waals surface area contributed by atoms with Crippen molar-refractivity contribution in [1.29, 1.82) is 0 Å². The van der Waals surface area contributed by atoms with Crippen LogP contribution in [-0.4, -0.2) is 32.8 Å². The van der Waals surface area contributed by atoms with Gasteiger partial charge in [0.1, 0.15) is 17.1 Å². The van der Waals surface area contributed by atoms with E-state index in [1.54, 1.807) is 39.5 Å². The first-order chi connectivity index (χ1) is 12.9.